The molecule has 112 valence electrons. The lowest BCUT2D eigenvalue weighted by atomic mass is 10.0. The average Bonchev–Trinajstić information content (AvgIpc) is 2.74. The third kappa shape index (κ3) is 3.11. The Hall–Kier alpha value is -2.21. The summed E-state index contributed by atoms with van der Waals surface area (Å²) in [6.45, 7) is 4.60. The van der Waals surface area contributed by atoms with Gasteiger partial charge in [0.05, 0.1) is 12.5 Å². The van der Waals surface area contributed by atoms with Gasteiger partial charge < -0.3 is 9.84 Å². The molecule has 1 N–H and O–H groups in total. The van der Waals surface area contributed by atoms with Gasteiger partial charge in [0.1, 0.15) is 18.0 Å². The van der Waals surface area contributed by atoms with E-state index in [-0.39, 0.29) is 0 Å². The fraction of sp³-hybridized carbons (Fsp3) is 0.333. The summed E-state index contributed by atoms with van der Waals surface area (Å²) < 4.78 is 18.0. The molecule has 6 heteroatoms. The summed E-state index contributed by atoms with van der Waals surface area (Å²) in [5.41, 5.74) is 0.768. The number of carbonyl (C=O) groups excluding carboxylic acids is 2. The summed E-state index contributed by atoms with van der Waals surface area (Å²) in [6.07, 6.45) is -3.53. The maximum absolute atomic E-state index is 12.7. The van der Waals surface area contributed by atoms with Crippen LogP contribution in [0.15, 0.2) is 42.7 Å². The van der Waals surface area contributed by atoms with E-state index in [1.54, 1.807) is 31.2 Å². The van der Waals surface area contributed by atoms with Crippen molar-refractivity contribution in [3.63, 3.8) is 0 Å². The molecule has 1 aliphatic heterocycles. The summed E-state index contributed by atoms with van der Waals surface area (Å²) in [7, 11) is 0. The van der Waals surface area contributed by atoms with Crippen molar-refractivity contribution >= 4 is 12.0 Å². The highest BCUT2D eigenvalue weighted by atomic mass is 19.1. The van der Waals surface area contributed by atoms with Gasteiger partial charge in [-0.2, -0.15) is 0 Å². The Balaban J connectivity index is 2.13. The quantitative estimate of drug-likeness (QED) is 0.925. The molecule has 1 aromatic carbocycles. The number of carbonyl (C=O) groups is 2. The molecule has 0 spiro atoms. The van der Waals surface area contributed by atoms with Gasteiger partial charge in [-0.1, -0.05) is 36.9 Å². The zero-order valence-corrected chi connectivity index (χ0v) is 11.5. The lowest BCUT2D eigenvalue weighted by molar-refractivity contribution is -0.130. The highest BCUT2D eigenvalue weighted by molar-refractivity contribution is 5.94. The van der Waals surface area contributed by atoms with Gasteiger partial charge in [-0.25, -0.2) is 14.1 Å². The molecular formula is C15H16FNO4. The van der Waals surface area contributed by atoms with E-state index in [9.17, 15) is 19.1 Å². The minimum atomic E-state index is -1.62. The molecule has 21 heavy (non-hydrogen) atoms. The first-order valence-electron chi connectivity index (χ1n) is 6.51. The van der Waals surface area contributed by atoms with Crippen LogP contribution in [0.25, 0.3) is 0 Å². The van der Waals surface area contributed by atoms with E-state index in [0.717, 1.165) is 10.5 Å². The minimum absolute atomic E-state index is 0.535. The Kier molecular flexibility index (Phi) is 4.37. The number of halogens is 1. The van der Waals surface area contributed by atoms with Crippen LogP contribution in [0.2, 0.25) is 0 Å². The van der Waals surface area contributed by atoms with Crippen molar-refractivity contribution in [3.8, 4) is 0 Å². The first-order valence-corrected chi connectivity index (χ1v) is 6.51. The minimum Gasteiger partial charge on any atom is -0.439 e. The highest BCUT2D eigenvalue weighted by Crippen LogP contribution is 2.32. The maximum Gasteiger partial charge on any atom is 0.417 e. The van der Waals surface area contributed by atoms with Gasteiger partial charge >= 0.3 is 6.09 Å². The fourth-order valence-electron chi connectivity index (χ4n) is 2.26. The van der Waals surface area contributed by atoms with Crippen LogP contribution in [0.1, 0.15) is 25.0 Å². The van der Waals surface area contributed by atoms with Gasteiger partial charge in [0.25, 0.3) is 0 Å². The molecule has 1 fully saturated rings. The van der Waals surface area contributed by atoms with Gasteiger partial charge in [-0.05, 0) is 12.5 Å². The topological polar surface area (TPSA) is 66.8 Å². The summed E-state index contributed by atoms with van der Waals surface area (Å²) >= 11 is 0. The largest absolute Gasteiger partial charge is 0.439 e. The molecule has 0 bridgehead atoms. The standard InChI is InChI=1S/C15H16FNO4/c1-9(16)12(18)8-13(19)17-10(2)14(21-15(17)20)11-6-4-3-5-7-11/h3-7,10,12,14,18H,1,8H2,2H3/t10-,12?,14-/m0/s1. The van der Waals surface area contributed by atoms with Crippen molar-refractivity contribution in [2.45, 2.75) is 31.6 Å². The number of ether oxygens (including phenoxy) is 1. The van der Waals surface area contributed by atoms with Crippen LogP contribution in [-0.4, -0.2) is 34.2 Å². The SMILES string of the molecule is C=C(F)C(O)CC(=O)N1C(=O)O[C@H](c2ccccc2)[C@@H]1C. The summed E-state index contributed by atoms with van der Waals surface area (Å²) in [6, 6.07) is 8.49. The van der Waals surface area contributed by atoms with Gasteiger partial charge in [-0.3, -0.25) is 4.79 Å². The van der Waals surface area contributed by atoms with E-state index in [1.165, 1.54) is 0 Å². The third-order valence-electron chi connectivity index (χ3n) is 3.40. The lowest BCUT2D eigenvalue weighted by Crippen LogP contribution is -2.39. The predicted molar refractivity (Wildman–Crippen MR) is 72.8 cm³/mol. The molecule has 1 aliphatic rings. The van der Waals surface area contributed by atoms with Crippen LogP contribution < -0.4 is 0 Å². The first kappa shape index (κ1) is 15.2. The summed E-state index contributed by atoms with van der Waals surface area (Å²) in [4.78, 5) is 24.8. The number of cyclic esters (lactones) is 1. The van der Waals surface area contributed by atoms with Crippen molar-refractivity contribution in [1.82, 2.24) is 4.90 Å². The Labute approximate surface area is 121 Å². The number of benzene rings is 1. The molecule has 0 saturated carbocycles. The molecule has 1 heterocycles. The van der Waals surface area contributed by atoms with Crippen LogP contribution in [-0.2, 0) is 9.53 Å². The molecule has 2 amide bonds. The maximum atomic E-state index is 12.7. The average molecular weight is 293 g/mol. The van der Waals surface area contributed by atoms with Crippen molar-refractivity contribution in [1.29, 1.82) is 0 Å². The summed E-state index contributed by atoms with van der Waals surface area (Å²) in [5, 5.41) is 9.34. The Morgan fingerprint density at radius 2 is 2.10 bits per heavy atom. The Bertz CT molecular complexity index is 560. The molecule has 1 saturated heterocycles. The number of imide groups is 1. The van der Waals surface area contributed by atoms with Crippen LogP contribution in [0.4, 0.5) is 9.18 Å². The normalized spacial score (nSPS) is 22.8. The van der Waals surface area contributed by atoms with Crippen LogP contribution in [0.5, 0.6) is 0 Å². The molecule has 3 atom stereocenters. The first-order chi connectivity index (χ1) is 9.91. The molecule has 2 rings (SSSR count). The number of hydrogen-bond donors (Lipinski definition) is 1. The zero-order chi connectivity index (χ0) is 15.6. The number of aliphatic hydroxyl groups excluding tert-OH is 1. The van der Waals surface area contributed by atoms with E-state index < -0.39 is 42.5 Å². The number of rotatable bonds is 4. The molecule has 0 radical (unpaired) electrons. The highest BCUT2D eigenvalue weighted by Gasteiger charge is 2.43. The molecule has 5 nitrogen and oxygen atoms in total. The van der Waals surface area contributed by atoms with Gasteiger partial charge in [0.2, 0.25) is 5.91 Å². The van der Waals surface area contributed by atoms with Gasteiger partial charge in [0.15, 0.2) is 0 Å². The van der Waals surface area contributed by atoms with Crippen LogP contribution in [0, 0.1) is 0 Å². The van der Waals surface area contributed by atoms with Crippen molar-refractivity contribution in [2.75, 3.05) is 0 Å². The smallest absolute Gasteiger partial charge is 0.417 e. The number of hydrogen-bond acceptors (Lipinski definition) is 4. The number of amides is 2. The number of nitrogens with zero attached hydrogens (tertiary/aromatic N) is 1. The Morgan fingerprint density at radius 1 is 1.48 bits per heavy atom. The van der Waals surface area contributed by atoms with Crippen molar-refractivity contribution in [2.24, 2.45) is 0 Å². The van der Waals surface area contributed by atoms with Gasteiger partial charge in [-0.15, -0.1) is 0 Å². The number of aliphatic hydroxyl groups is 1. The molecule has 0 aliphatic carbocycles. The van der Waals surface area contributed by atoms with E-state index in [2.05, 4.69) is 6.58 Å². The molecule has 0 aromatic heterocycles. The van der Waals surface area contributed by atoms with E-state index in [4.69, 9.17) is 4.74 Å². The summed E-state index contributed by atoms with van der Waals surface area (Å²) in [5.74, 6) is -1.71. The van der Waals surface area contributed by atoms with E-state index >= 15 is 0 Å². The van der Waals surface area contributed by atoms with Crippen molar-refractivity contribution in [3.05, 3.63) is 48.3 Å². The second kappa shape index (κ2) is 6.05. The zero-order valence-electron chi connectivity index (χ0n) is 11.5. The monoisotopic (exact) mass is 293 g/mol. The third-order valence-corrected chi connectivity index (χ3v) is 3.40. The second-order valence-electron chi connectivity index (χ2n) is 4.89. The van der Waals surface area contributed by atoms with Crippen LogP contribution >= 0.6 is 0 Å². The predicted octanol–water partition coefficient (Wildman–Crippen LogP) is 2.33. The molecular weight excluding hydrogens is 277 g/mol. The second-order valence-corrected chi connectivity index (χ2v) is 4.89. The lowest BCUT2D eigenvalue weighted by Gasteiger charge is -2.20. The molecule has 1 aromatic rings. The van der Waals surface area contributed by atoms with Crippen LogP contribution in [0.3, 0.4) is 0 Å². The van der Waals surface area contributed by atoms with E-state index in [1.807, 2.05) is 6.07 Å². The van der Waals surface area contributed by atoms with Crippen molar-refractivity contribution < 1.29 is 23.8 Å². The molecule has 1 unspecified atom stereocenters. The fourth-order valence-corrected chi connectivity index (χ4v) is 2.26. The Morgan fingerprint density at radius 3 is 2.67 bits per heavy atom. The van der Waals surface area contributed by atoms with E-state index in [0.29, 0.717) is 0 Å². The van der Waals surface area contributed by atoms with Gasteiger partial charge in [0, 0.05) is 0 Å².